The summed E-state index contributed by atoms with van der Waals surface area (Å²) in [6.45, 7) is 0. The van der Waals surface area contributed by atoms with Gasteiger partial charge in [-0.1, -0.05) is 23.2 Å². The molecule has 0 fully saturated rings. The lowest BCUT2D eigenvalue weighted by Crippen LogP contribution is -2.02. The van der Waals surface area contributed by atoms with Gasteiger partial charge in [-0.3, -0.25) is 0 Å². The van der Waals surface area contributed by atoms with E-state index >= 15 is 0 Å². The molecule has 0 aliphatic heterocycles. The molecule has 14 heavy (non-hydrogen) atoms. The Kier molecular flexibility index (Phi) is 4.04. The van der Waals surface area contributed by atoms with Crippen LogP contribution in [0.2, 0.25) is 10.0 Å². The van der Waals surface area contributed by atoms with Crippen molar-refractivity contribution in [1.82, 2.24) is 0 Å². The van der Waals surface area contributed by atoms with Crippen molar-refractivity contribution in [1.29, 1.82) is 0 Å². The number of halogens is 2. The standard InChI is InChI=1S/C9H9Cl2NO2/c1-13-9(14-2)12-6-3-4-7(10)8(11)5-6/h3-5H,1-2H3. The quantitative estimate of drug-likeness (QED) is 0.551. The van der Waals surface area contributed by atoms with Crippen molar-refractivity contribution in [3.63, 3.8) is 0 Å². The van der Waals surface area contributed by atoms with Crippen LogP contribution < -0.4 is 0 Å². The minimum Gasteiger partial charge on any atom is -0.454 e. The first kappa shape index (κ1) is 11.1. The number of hydrogen-bond donors (Lipinski definition) is 0. The molecule has 0 aliphatic carbocycles. The van der Waals surface area contributed by atoms with E-state index in [-0.39, 0.29) is 6.08 Å². The third-order valence-electron chi connectivity index (χ3n) is 1.47. The average Bonchev–Trinajstić information content (AvgIpc) is 2.19. The second kappa shape index (κ2) is 5.08. The molecule has 0 N–H and O–H groups in total. The summed E-state index contributed by atoms with van der Waals surface area (Å²) < 4.78 is 9.65. The molecule has 0 saturated heterocycles. The van der Waals surface area contributed by atoms with Crippen molar-refractivity contribution in [2.45, 2.75) is 0 Å². The lowest BCUT2D eigenvalue weighted by Gasteiger charge is -2.02. The van der Waals surface area contributed by atoms with E-state index in [1.54, 1.807) is 18.2 Å². The lowest BCUT2D eigenvalue weighted by atomic mass is 10.3. The van der Waals surface area contributed by atoms with Crippen molar-refractivity contribution in [3.05, 3.63) is 28.2 Å². The minimum absolute atomic E-state index is 0.170. The molecule has 1 aromatic rings. The average molecular weight is 234 g/mol. The van der Waals surface area contributed by atoms with Crippen LogP contribution in [0, 0.1) is 0 Å². The number of aliphatic imine (C=N–C) groups is 1. The Bertz CT molecular complexity index is 347. The zero-order chi connectivity index (χ0) is 10.6. The molecule has 0 spiro atoms. The molecule has 0 aromatic heterocycles. The number of hydrogen-bond acceptors (Lipinski definition) is 3. The van der Waals surface area contributed by atoms with Gasteiger partial charge in [0, 0.05) is 0 Å². The molecular formula is C9H9Cl2NO2. The van der Waals surface area contributed by atoms with Gasteiger partial charge in [-0.05, 0) is 18.2 Å². The minimum atomic E-state index is 0.170. The van der Waals surface area contributed by atoms with Crippen molar-refractivity contribution in [2.24, 2.45) is 4.99 Å². The van der Waals surface area contributed by atoms with Crippen molar-refractivity contribution in [3.8, 4) is 0 Å². The van der Waals surface area contributed by atoms with E-state index in [1.165, 1.54) is 14.2 Å². The second-order valence-corrected chi connectivity index (χ2v) is 3.20. The molecular weight excluding hydrogens is 225 g/mol. The van der Waals surface area contributed by atoms with E-state index in [0.29, 0.717) is 15.7 Å². The topological polar surface area (TPSA) is 30.8 Å². The number of benzene rings is 1. The van der Waals surface area contributed by atoms with Gasteiger partial charge in [0.05, 0.1) is 30.0 Å². The van der Waals surface area contributed by atoms with Gasteiger partial charge in [-0.2, -0.15) is 4.99 Å². The first-order valence-electron chi connectivity index (χ1n) is 3.79. The van der Waals surface area contributed by atoms with Crippen LogP contribution in [0.3, 0.4) is 0 Å². The largest absolute Gasteiger partial charge is 0.454 e. The molecule has 0 radical (unpaired) electrons. The maximum absolute atomic E-state index is 5.80. The zero-order valence-electron chi connectivity index (χ0n) is 7.75. The van der Waals surface area contributed by atoms with Crippen LogP contribution in [0.1, 0.15) is 0 Å². The first-order chi connectivity index (χ1) is 6.67. The molecule has 0 unspecified atom stereocenters. The molecule has 3 nitrogen and oxygen atoms in total. The van der Waals surface area contributed by atoms with Gasteiger partial charge in [-0.25, -0.2) is 0 Å². The summed E-state index contributed by atoms with van der Waals surface area (Å²) in [5.74, 6) is 0. The summed E-state index contributed by atoms with van der Waals surface area (Å²) in [4.78, 5) is 4.03. The van der Waals surface area contributed by atoms with Crippen molar-refractivity contribution < 1.29 is 9.47 Å². The Morgan fingerprint density at radius 2 is 1.79 bits per heavy atom. The molecule has 5 heteroatoms. The second-order valence-electron chi connectivity index (χ2n) is 2.38. The third kappa shape index (κ3) is 2.79. The maximum Gasteiger partial charge on any atom is 0.388 e. The summed E-state index contributed by atoms with van der Waals surface area (Å²) in [7, 11) is 2.94. The highest BCUT2D eigenvalue weighted by Crippen LogP contribution is 2.26. The van der Waals surface area contributed by atoms with Gasteiger partial charge in [0.25, 0.3) is 0 Å². The van der Waals surface area contributed by atoms with Crippen LogP contribution in [-0.2, 0) is 9.47 Å². The highest BCUT2D eigenvalue weighted by molar-refractivity contribution is 6.42. The molecule has 0 atom stereocenters. The summed E-state index contributed by atoms with van der Waals surface area (Å²) >= 11 is 11.5. The van der Waals surface area contributed by atoms with E-state index in [1.807, 2.05) is 0 Å². The van der Waals surface area contributed by atoms with Crippen LogP contribution in [0.25, 0.3) is 0 Å². The lowest BCUT2D eigenvalue weighted by molar-refractivity contribution is 0.243. The molecule has 76 valence electrons. The van der Waals surface area contributed by atoms with E-state index in [4.69, 9.17) is 32.7 Å². The van der Waals surface area contributed by atoms with Gasteiger partial charge >= 0.3 is 6.08 Å². The van der Waals surface area contributed by atoms with Crippen molar-refractivity contribution in [2.75, 3.05) is 14.2 Å². The van der Waals surface area contributed by atoms with Crippen LogP contribution in [0.5, 0.6) is 0 Å². The molecule has 1 rings (SSSR count). The Morgan fingerprint density at radius 1 is 1.14 bits per heavy atom. The van der Waals surface area contributed by atoms with E-state index in [9.17, 15) is 0 Å². The molecule has 0 bridgehead atoms. The Balaban J connectivity index is 2.97. The summed E-state index contributed by atoms with van der Waals surface area (Å²) in [6.07, 6.45) is 0.170. The molecule has 0 saturated carbocycles. The highest BCUT2D eigenvalue weighted by Gasteiger charge is 2.01. The van der Waals surface area contributed by atoms with Crippen LogP contribution in [-0.4, -0.2) is 20.3 Å². The molecule has 0 amide bonds. The number of ether oxygens (including phenoxy) is 2. The van der Waals surface area contributed by atoms with Crippen molar-refractivity contribution >= 4 is 35.0 Å². The normalized spacial score (nSPS) is 9.43. The third-order valence-corrected chi connectivity index (χ3v) is 2.21. The van der Waals surface area contributed by atoms with Gasteiger partial charge in [0.2, 0.25) is 0 Å². The van der Waals surface area contributed by atoms with Gasteiger partial charge in [-0.15, -0.1) is 0 Å². The van der Waals surface area contributed by atoms with Gasteiger partial charge in [0.15, 0.2) is 0 Å². The number of methoxy groups -OCH3 is 2. The molecule has 0 heterocycles. The van der Waals surface area contributed by atoms with E-state index in [2.05, 4.69) is 4.99 Å². The number of rotatable bonds is 1. The monoisotopic (exact) mass is 233 g/mol. The Morgan fingerprint density at radius 3 is 2.29 bits per heavy atom. The summed E-state index contributed by atoms with van der Waals surface area (Å²) in [6, 6.07) is 5.00. The SMILES string of the molecule is COC(=Nc1ccc(Cl)c(Cl)c1)OC. The fourth-order valence-corrected chi connectivity index (χ4v) is 1.13. The first-order valence-corrected chi connectivity index (χ1v) is 4.54. The summed E-state index contributed by atoms with van der Waals surface area (Å²) in [5.41, 5.74) is 0.623. The predicted octanol–water partition coefficient (Wildman–Crippen LogP) is 3.27. The fourth-order valence-electron chi connectivity index (χ4n) is 0.835. The van der Waals surface area contributed by atoms with E-state index in [0.717, 1.165) is 0 Å². The Hall–Kier alpha value is -0.930. The molecule has 0 aliphatic rings. The smallest absolute Gasteiger partial charge is 0.388 e. The van der Waals surface area contributed by atoms with Gasteiger partial charge in [0.1, 0.15) is 0 Å². The molecule has 1 aromatic carbocycles. The van der Waals surface area contributed by atoms with Gasteiger partial charge < -0.3 is 9.47 Å². The maximum atomic E-state index is 5.80. The fraction of sp³-hybridized carbons (Fsp3) is 0.222. The van der Waals surface area contributed by atoms with Crippen LogP contribution >= 0.6 is 23.2 Å². The summed E-state index contributed by atoms with van der Waals surface area (Å²) in [5, 5.41) is 0.932. The highest BCUT2D eigenvalue weighted by atomic mass is 35.5. The predicted molar refractivity (Wildman–Crippen MR) is 57.6 cm³/mol. The zero-order valence-corrected chi connectivity index (χ0v) is 9.26. The van der Waals surface area contributed by atoms with Crippen LogP contribution in [0.4, 0.5) is 5.69 Å². The van der Waals surface area contributed by atoms with Crippen LogP contribution in [0.15, 0.2) is 23.2 Å². The van der Waals surface area contributed by atoms with E-state index < -0.39 is 0 Å². The number of nitrogens with zero attached hydrogens (tertiary/aromatic N) is 1. The Labute approximate surface area is 92.3 Å².